The van der Waals surface area contributed by atoms with E-state index in [9.17, 15) is 8.42 Å². The molecule has 0 unspecified atom stereocenters. The van der Waals surface area contributed by atoms with Gasteiger partial charge in [-0.15, -0.1) is 0 Å². The van der Waals surface area contributed by atoms with Crippen LogP contribution in [0.1, 0.15) is 19.4 Å². The molecule has 0 fully saturated rings. The van der Waals surface area contributed by atoms with Crippen molar-refractivity contribution >= 4 is 21.6 Å². The molecule has 5 nitrogen and oxygen atoms in total. The van der Waals surface area contributed by atoms with E-state index in [0.29, 0.717) is 24.5 Å². The molecule has 0 aliphatic carbocycles. The first-order valence-corrected chi connectivity index (χ1v) is 6.98. The highest BCUT2D eigenvalue weighted by atomic mass is 32.2. The van der Waals surface area contributed by atoms with Crippen molar-refractivity contribution in [3.05, 3.63) is 23.8 Å². The first-order chi connectivity index (χ1) is 7.90. The molecule has 0 saturated heterocycles. The van der Waals surface area contributed by atoms with Gasteiger partial charge in [-0.05, 0) is 30.7 Å². The molecule has 0 amide bonds. The van der Waals surface area contributed by atoms with Crippen molar-refractivity contribution in [1.29, 1.82) is 0 Å². The summed E-state index contributed by atoms with van der Waals surface area (Å²) in [7, 11) is -3.47. The second kappa shape index (κ2) is 5.37. The summed E-state index contributed by atoms with van der Waals surface area (Å²) in [5, 5.41) is 0. The van der Waals surface area contributed by atoms with E-state index >= 15 is 0 Å². The minimum Gasteiger partial charge on any atom is -0.399 e. The van der Waals surface area contributed by atoms with Crippen molar-refractivity contribution in [2.45, 2.75) is 20.8 Å². The number of nitrogens with zero attached hydrogens (tertiary/aromatic N) is 1. The summed E-state index contributed by atoms with van der Waals surface area (Å²) in [6.07, 6.45) is 0. The molecule has 17 heavy (non-hydrogen) atoms. The van der Waals surface area contributed by atoms with E-state index in [1.165, 1.54) is 4.31 Å². The lowest BCUT2D eigenvalue weighted by molar-refractivity contribution is 0.449. The van der Waals surface area contributed by atoms with Crippen LogP contribution in [0.4, 0.5) is 11.4 Å². The van der Waals surface area contributed by atoms with Crippen molar-refractivity contribution in [3.63, 3.8) is 0 Å². The summed E-state index contributed by atoms with van der Waals surface area (Å²) in [6.45, 7) is 6.31. The Balaban J connectivity index is 2.98. The standard InChI is InChI=1S/C11H19N3O2S/c1-4-14(5-2)17(15,16)13-11-7-6-10(12)8-9(11)3/h6-8,13H,4-5,12H2,1-3H3. The summed E-state index contributed by atoms with van der Waals surface area (Å²) >= 11 is 0. The van der Waals surface area contributed by atoms with Crippen molar-refractivity contribution in [3.8, 4) is 0 Å². The number of aryl methyl sites for hydroxylation is 1. The van der Waals surface area contributed by atoms with Gasteiger partial charge in [0, 0.05) is 18.8 Å². The number of nitrogen functional groups attached to an aromatic ring is 1. The van der Waals surface area contributed by atoms with Gasteiger partial charge in [0.1, 0.15) is 0 Å². The number of anilines is 2. The largest absolute Gasteiger partial charge is 0.399 e. The molecule has 0 heterocycles. The molecule has 0 aromatic heterocycles. The van der Waals surface area contributed by atoms with Crippen LogP contribution in [0.25, 0.3) is 0 Å². The van der Waals surface area contributed by atoms with Gasteiger partial charge < -0.3 is 5.73 Å². The number of benzene rings is 1. The van der Waals surface area contributed by atoms with Crippen LogP contribution < -0.4 is 10.5 Å². The Morgan fingerprint density at radius 1 is 1.29 bits per heavy atom. The third-order valence-electron chi connectivity index (χ3n) is 2.53. The fourth-order valence-corrected chi connectivity index (χ4v) is 2.88. The van der Waals surface area contributed by atoms with Gasteiger partial charge in [-0.3, -0.25) is 4.72 Å². The number of nitrogens with two attached hydrogens (primary N) is 1. The van der Waals surface area contributed by atoms with Gasteiger partial charge in [-0.2, -0.15) is 12.7 Å². The van der Waals surface area contributed by atoms with E-state index in [0.717, 1.165) is 5.56 Å². The van der Waals surface area contributed by atoms with Crippen LogP contribution in [0.15, 0.2) is 18.2 Å². The number of hydrogen-bond acceptors (Lipinski definition) is 3. The van der Waals surface area contributed by atoms with Gasteiger partial charge >= 0.3 is 10.2 Å². The monoisotopic (exact) mass is 257 g/mol. The average Bonchev–Trinajstić information content (AvgIpc) is 2.23. The molecular weight excluding hydrogens is 238 g/mol. The quantitative estimate of drug-likeness (QED) is 0.786. The molecule has 0 spiro atoms. The highest BCUT2D eigenvalue weighted by molar-refractivity contribution is 7.90. The first kappa shape index (κ1) is 13.8. The Labute approximate surface area is 103 Å². The molecule has 0 aliphatic heterocycles. The predicted molar refractivity (Wildman–Crippen MR) is 71.1 cm³/mol. The van der Waals surface area contributed by atoms with Gasteiger partial charge in [0.25, 0.3) is 0 Å². The summed E-state index contributed by atoms with van der Waals surface area (Å²) < 4.78 is 27.9. The zero-order valence-corrected chi connectivity index (χ0v) is 11.2. The van der Waals surface area contributed by atoms with E-state index < -0.39 is 10.2 Å². The molecule has 0 atom stereocenters. The molecule has 96 valence electrons. The smallest absolute Gasteiger partial charge is 0.301 e. The molecule has 0 radical (unpaired) electrons. The second-order valence-electron chi connectivity index (χ2n) is 3.77. The zero-order chi connectivity index (χ0) is 13.1. The molecule has 0 bridgehead atoms. The van der Waals surface area contributed by atoms with Crippen LogP contribution >= 0.6 is 0 Å². The Morgan fingerprint density at radius 2 is 1.88 bits per heavy atom. The molecule has 3 N–H and O–H groups in total. The van der Waals surface area contributed by atoms with Crippen LogP contribution in [0.3, 0.4) is 0 Å². The number of hydrogen-bond donors (Lipinski definition) is 2. The van der Waals surface area contributed by atoms with E-state index in [2.05, 4.69) is 4.72 Å². The van der Waals surface area contributed by atoms with Gasteiger partial charge in [-0.1, -0.05) is 13.8 Å². The predicted octanol–water partition coefficient (Wildman–Crippen LogP) is 1.58. The lowest BCUT2D eigenvalue weighted by Gasteiger charge is -2.20. The summed E-state index contributed by atoms with van der Waals surface area (Å²) in [4.78, 5) is 0. The van der Waals surface area contributed by atoms with Crippen LogP contribution in [-0.4, -0.2) is 25.8 Å². The van der Waals surface area contributed by atoms with Gasteiger partial charge in [0.05, 0.1) is 5.69 Å². The van der Waals surface area contributed by atoms with E-state index in [-0.39, 0.29) is 0 Å². The Bertz CT molecular complexity index is 481. The molecule has 1 rings (SSSR count). The Morgan fingerprint density at radius 3 is 2.35 bits per heavy atom. The first-order valence-electron chi connectivity index (χ1n) is 5.54. The van der Waals surface area contributed by atoms with Crippen LogP contribution in [0.5, 0.6) is 0 Å². The minimum atomic E-state index is -3.47. The molecule has 0 saturated carbocycles. The Hall–Kier alpha value is -1.27. The lowest BCUT2D eigenvalue weighted by Crippen LogP contribution is -2.35. The summed E-state index contributed by atoms with van der Waals surface area (Å²) in [6, 6.07) is 5.08. The summed E-state index contributed by atoms with van der Waals surface area (Å²) in [5.74, 6) is 0. The zero-order valence-electron chi connectivity index (χ0n) is 10.4. The average molecular weight is 257 g/mol. The fourth-order valence-electron chi connectivity index (χ4n) is 1.57. The van der Waals surface area contributed by atoms with E-state index in [1.807, 2.05) is 6.92 Å². The molecule has 6 heteroatoms. The summed E-state index contributed by atoms with van der Waals surface area (Å²) in [5.41, 5.74) is 7.60. The number of rotatable bonds is 5. The maximum Gasteiger partial charge on any atom is 0.301 e. The highest BCUT2D eigenvalue weighted by Crippen LogP contribution is 2.19. The topological polar surface area (TPSA) is 75.4 Å². The highest BCUT2D eigenvalue weighted by Gasteiger charge is 2.18. The van der Waals surface area contributed by atoms with Crippen LogP contribution in [0, 0.1) is 6.92 Å². The van der Waals surface area contributed by atoms with E-state index in [4.69, 9.17) is 5.73 Å². The maximum atomic E-state index is 12.0. The van der Waals surface area contributed by atoms with Crippen molar-refractivity contribution in [2.75, 3.05) is 23.5 Å². The fraction of sp³-hybridized carbons (Fsp3) is 0.455. The Kier molecular flexibility index (Phi) is 4.36. The van der Waals surface area contributed by atoms with Gasteiger partial charge in [0.15, 0.2) is 0 Å². The third-order valence-corrected chi connectivity index (χ3v) is 4.21. The molecule has 1 aromatic rings. The molecular formula is C11H19N3O2S. The SMILES string of the molecule is CCN(CC)S(=O)(=O)Nc1ccc(N)cc1C. The van der Waals surface area contributed by atoms with Crippen LogP contribution in [-0.2, 0) is 10.2 Å². The van der Waals surface area contributed by atoms with Gasteiger partial charge in [-0.25, -0.2) is 0 Å². The third kappa shape index (κ3) is 3.34. The van der Waals surface area contributed by atoms with Crippen molar-refractivity contribution in [2.24, 2.45) is 0 Å². The second-order valence-corrected chi connectivity index (χ2v) is 5.44. The van der Waals surface area contributed by atoms with Crippen molar-refractivity contribution in [1.82, 2.24) is 4.31 Å². The maximum absolute atomic E-state index is 12.0. The van der Waals surface area contributed by atoms with Gasteiger partial charge in [0.2, 0.25) is 0 Å². The van der Waals surface area contributed by atoms with Crippen molar-refractivity contribution < 1.29 is 8.42 Å². The number of nitrogens with one attached hydrogen (secondary N) is 1. The van der Waals surface area contributed by atoms with E-state index in [1.54, 1.807) is 32.0 Å². The normalized spacial score (nSPS) is 11.8. The molecule has 0 aliphatic rings. The minimum absolute atomic E-state index is 0.444. The lowest BCUT2D eigenvalue weighted by atomic mass is 10.2. The molecule has 1 aromatic carbocycles. The van der Waals surface area contributed by atoms with Crippen LogP contribution in [0.2, 0.25) is 0 Å².